The summed E-state index contributed by atoms with van der Waals surface area (Å²) in [6, 6.07) is 18.5. The Morgan fingerprint density at radius 2 is 1.59 bits per heavy atom. The zero-order valence-corrected chi connectivity index (χ0v) is 25.2. The van der Waals surface area contributed by atoms with E-state index in [9.17, 15) is 9.90 Å². The number of hydrogen-bond donors (Lipinski definition) is 3. The molecule has 1 fully saturated rings. The molecule has 1 aliphatic rings. The number of nitrogens with one attached hydrogen (secondary N) is 1. The first-order valence-electron chi connectivity index (χ1n) is 15.5. The maximum Gasteiger partial charge on any atom is 0.237 e. The Hall–Kier alpha value is -3.83. The van der Waals surface area contributed by atoms with Crippen LogP contribution in [0.15, 0.2) is 85.6 Å². The first-order chi connectivity index (χ1) is 21.6. The van der Waals surface area contributed by atoms with Crippen molar-refractivity contribution in [1.82, 2.24) is 24.4 Å². The van der Waals surface area contributed by atoms with Gasteiger partial charge >= 0.3 is 0 Å². The van der Waals surface area contributed by atoms with Gasteiger partial charge in [0, 0.05) is 30.7 Å². The molecular formula is C34H44N6O4. The van der Waals surface area contributed by atoms with Crippen molar-refractivity contribution in [3.05, 3.63) is 108 Å². The van der Waals surface area contributed by atoms with Crippen molar-refractivity contribution in [3.8, 4) is 0 Å². The van der Waals surface area contributed by atoms with E-state index in [1.165, 1.54) is 19.3 Å². The highest BCUT2D eigenvalue weighted by Gasteiger charge is 2.31. The number of carbonyl (C=O) groups is 1. The first-order valence-corrected chi connectivity index (χ1v) is 15.5. The fourth-order valence-electron chi connectivity index (χ4n) is 5.84. The molecule has 0 spiro atoms. The molecule has 44 heavy (non-hydrogen) atoms. The monoisotopic (exact) mass is 600 g/mol. The number of aromatic nitrogens is 4. The summed E-state index contributed by atoms with van der Waals surface area (Å²) in [5, 5.41) is 14.7. The number of nitrogens with two attached hydrogens (primary N) is 1. The van der Waals surface area contributed by atoms with Crippen molar-refractivity contribution < 1.29 is 19.4 Å². The highest BCUT2D eigenvalue weighted by atomic mass is 16.5. The molecule has 2 heterocycles. The van der Waals surface area contributed by atoms with Gasteiger partial charge in [0.2, 0.25) is 5.91 Å². The second-order valence-corrected chi connectivity index (χ2v) is 11.6. The molecule has 1 saturated carbocycles. The summed E-state index contributed by atoms with van der Waals surface area (Å²) in [5.74, 6) is 0.559. The van der Waals surface area contributed by atoms with Gasteiger partial charge in [0.1, 0.15) is 25.4 Å². The third-order valence-corrected chi connectivity index (χ3v) is 8.28. The number of ether oxygens (including phenoxy) is 2. The molecule has 10 heteroatoms. The zero-order chi connectivity index (χ0) is 30.6. The number of nitrogens with zero attached hydrogens (tertiary/aromatic N) is 4. The standard InChI is InChI=1S/C34H44N6O4/c35-30(19-29-20-36-23-40(29)25-44-22-28-14-8-3-9-15-28)34(42)38-31(18-26-10-4-1-5-11-26)32(41)33-37-16-17-39(33)24-43-21-27-12-6-2-7-13-27/h2-3,6-9,12-17,20,23,26,30-32,41H,1,4-5,10-11,18-19,21-22,24-25,35H2,(H,38,42)/t30-,31-,32+/m0/s1. The Balaban J connectivity index is 1.20. The Morgan fingerprint density at radius 3 is 2.25 bits per heavy atom. The predicted octanol–water partition coefficient (Wildman–Crippen LogP) is 4.49. The minimum Gasteiger partial charge on any atom is -0.383 e. The predicted molar refractivity (Wildman–Crippen MR) is 167 cm³/mol. The van der Waals surface area contributed by atoms with Crippen LogP contribution in [0.2, 0.25) is 0 Å². The minimum atomic E-state index is -1.01. The first kappa shape index (κ1) is 31.6. The van der Waals surface area contributed by atoms with Gasteiger partial charge in [-0.25, -0.2) is 9.97 Å². The number of imidazole rings is 2. The molecule has 2 aromatic carbocycles. The number of amides is 1. The zero-order valence-electron chi connectivity index (χ0n) is 25.2. The maximum absolute atomic E-state index is 13.5. The fraction of sp³-hybridized carbons (Fsp3) is 0.441. The van der Waals surface area contributed by atoms with E-state index in [4.69, 9.17) is 15.2 Å². The molecule has 10 nitrogen and oxygen atoms in total. The fourth-order valence-corrected chi connectivity index (χ4v) is 5.84. The molecular weight excluding hydrogens is 556 g/mol. The van der Waals surface area contributed by atoms with Gasteiger partial charge in [0.05, 0.1) is 31.6 Å². The largest absolute Gasteiger partial charge is 0.383 e. The number of rotatable bonds is 16. The minimum absolute atomic E-state index is 0.237. The lowest BCUT2D eigenvalue weighted by atomic mass is 9.83. The lowest BCUT2D eigenvalue weighted by Crippen LogP contribution is -2.49. The van der Waals surface area contributed by atoms with Crippen LogP contribution in [0.5, 0.6) is 0 Å². The average molecular weight is 601 g/mol. The van der Waals surface area contributed by atoms with E-state index in [1.807, 2.05) is 65.2 Å². The molecule has 4 aromatic rings. The third kappa shape index (κ3) is 9.09. The van der Waals surface area contributed by atoms with E-state index in [-0.39, 0.29) is 19.1 Å². The number of carbonyl (C=O) groups excluding carboxylic acids is 1. The number of benzene rings is 2. The topological polar surface area (TPSA) is 129 Å². The molecule has 0 unspecified atom stereocenters. The van der Waals surface area contributed by atoms with Crippen molar-refractivity contribution in [3.63, 3.8) is 0 Å². The summed E-state index contributed by atoms with van der Waals surface area (Å²) in [4.78, 5) is 22.2. The molecule has 1 aliphatic carbocycles. The van der Waals surface area contributed by atoms with E-state index < -0.39 is 18.2 Å². The highest BCUT2D eigenvalue weighted by Crippen LogP contribution is 2.30. The summed E-state index contributed by atoms with van der Waals surface area (Å²) in [7, 11) is 0. The third-order valence-electron chi connectivity index (χ3n) is 8.28. The van der Waals surface area contributed by atoms with Crippen LogP contribution in [0, 0.1) is 5.92 Å². The Bertz CT molecular complexity index is 1400. The molecule has 0 saturated heterocycles. The van der Waals surface area contributed by atoms with Crippen molar-refractivity contribution in [2.24, 2.45) is 11.7 Å². The van der Waals surface area contributed by atoms with Crippen molar-refractivity contribution >= 4 is 5.91 Å². The van der Waals surface area contributed by atoms with E-state index in [0.29, 0.717) is 38.1 Å². The number of hydrogen-bond acceptors (Lipinski definition) is 7. The van der Waals surface area contributed by atoms with E-state index in [0.717, 1.165) is 29.7 Å². The lowest BCUT2D eigenvalue weighted by Gasteiger charge is -2.31. The smallest absolute Gasteiger partial charge is 0.237 e. The summed E-state index contributed by atoms with van der Waals surface area (Å²) in [6.07, 6.45) is 12.5. The second kappa shape index (κ2) is 16.3. The van der Waals surface area contributed by atoms with Crippen LogP contribution in [-0.2, 0) is 47.4 Å². The molecule has 0 bridgehead atoms. The number of aliphatic hydroxyl groups is 1. The molecule has 0 radical (unpaired) electrons. The van der Waals surface area contributed by atoms with E-state index in [2.05, 4.69) is 15.3 Å². The van der Waals surface area contributed by atoms with Crippen LogP contribution in [0.3, 0.4) is 0 Å². The van der Waals surface area contributed by atoms with Gasteiger partial charge in [0.25, 0.3) is 0 Å². The summed E-state index contributed by atoms with van der Waals surface area (Å²) in [6.45, 7) is 1.45. The van der Waals surface area contributed by atoms with Gasteiger partial charge in [0.15, 0.2) is 0 Å². The molecule has 5 rings (SSSR count). The summed E-state index contributed by atoms with van der Waals surface area (Å²) in [5.41, 5.74) is 9.38. The normalized spacial score (nSPS) is 16.0. The van der Waals surface area contributed by atoms with Crippen LogP contribution in [0.4, 0.5) is 0 Å². The Morgan fingerprint density at radius 1 is 0.955 bits per heavy atom. The molecule has 3 atom stereocenters. The average Bonchev–Trinajstić information content (AvgIpc) is 3.71. The van der Waals surface area contributed by atoms with Gasteiger partial charge in [-0.05, 0) is 23.5 Å². The highest BCUT2D eigenvalue weighted by molar-refractivity contribution is 5.82. The maximum atomic E-state index is 13.5. The molecule has 1 amide bonds. The van der Waals surface area contributed by atoms with Gasteiger partial charge in [-0.3, -0.25) is 4.79 Å². The van der Waals surface area contributed by atoms with Gasteiger partial charge in [-0.1, -0.05) is 92.8 Å². The van der Waals surface area contributed by atoms with Crippen molar-refractivity contribution in [2.75, 3.05) is 0 Å². The number of aliphatic hydroxyl groups excluding tert-OH is 1. The van der Waals surface area contributed by atoms with Crippen LogP contribution in [0.25, 0.3) is 0 Å². The summed E-state index contributed by atoms with van der Waals surface area (Å²) >= 11 is 0. The molecule has 234 valence electrons. The van der Waals surface area contributed by atoms with Gasteiger partial charge in [-0.2, -0.15) is 0 Å². The van der Waals surface area contributed by atoms with E-state index >= 15 is 0 Å². The van der Waals surface area contributed by atoms with E-state index in [1.54, 1.807) is 29.5 Å². The van der Waals surface area contributed by atoms with Crippen LogP contribution in [-0.4, -0.2) is 42.2 Å². The quantitative estimate of drug-likeness (QED) is 0.173. The lowest BCUT2D eigenvalue weighted by molar-refractivity contribution is -0.124. The second-order valence-electron chi connectivity index (χ2n) is 11.6. The SMILES string of the molecule is N[C@@H](Cc1cncn1COCc1ccccc1)C(=O)N[C@@H](CC1CCCCC1)[C@@H](O)c1nccn1COCc1ccccc1. The van der Waals surface area contributed by atoms with Crippen LogP contribution >= 0.6 is 0 Å². The van der Waals surface area contributed by atoms with Crippen LogP contribution in [0.1, 0.15) is 67.3 Å². The van der Waals surface area contributed by atoms with Crippen molar-refractivity contribution in [2.45, 2.75) is 89.8 Å². The molecule has 2 aromatic heterocycles. The Kier molecular flexibility index (Phi) is 11.7. The van der Waals surface area contributed by atoms with Gasteiger partial charge < -0.3 is 34.8 Å². The molecule has 4 N–H and O–H groups in total. The van der Waals surface area contributed by atoms with Crippen molar-refractivity contribution in [1.29, 1.82) is 0 Å². The summed E-state index contributed by atoms with van der Waals surface area (Å²) < 4.78 is 15.4. The Labute approximate surface area is 259 Å². The molecule has 0 aliphatic heterocycles. The van der Waals surface area contributed by atoms with Gasteiger partial charge in [-0.15, -0.1) is 0 Å². The van der Waals surface area contributed by atoms with Crippen LogP contribution < -0.4 is 11.1 Å².